The largest absolute Gasteiger partial charge is 0.481 e. The van der Waals surface area contributed by atoms with E-state index in [9.17, 15) is 9.59 Å². The third-order valence-electron chi connectivity index (χ3n) is 4.51. The minimum atomic E-state index is -0.818. The zero-order valence-corrected chi connectivity index (χ0v) is 12.2. The number of likely N-dealkylation sites (tertiary alicyclic amines) is 2. The first-order chi connectivity index (χ1) is 9.66. The Labute approximate surface area is 120 Å². The van der Waals surface area contributed by atoms with Crippen LogP contribution >= 0.6 is 0 Å². The molecule has 0 bridgehead atoms. The standard InChI is InChI=1S/C15H26N2O3/c18-14(5-4-6-15(19)20)17-11-7-13(8-12-17)16-9-2-1-3-10-16/h13H,1-12H2,(H,19,20). The Hall–Kier alpha value is -1.10. The topological polar surface area (TPSA) is 60.9 Å². The number of nitrogens with zero attached hydrogens (tertiary/aromatic N) is 2. The van der Waals surface area contributed by atoms with Gasteiger partial charge in [-0.15, -0.1) is 0 Å². The lowest BCUT2D eigenvalue weighted by Gasteiger charge is -2.40. The van der Waals surface area contributed by atoms with Gasteiger partial charge < -0.3 is 14.9 Å². The molecule has 0 aromatic rings. The van der Waals surface area contributed by atoms with Crippen LogP contribution in [0.15, 0.2) is 0 Å². The lowest BCUT2D eigenvalue weighted by Crippen LogP contribution is -2.48. The maximum absolute atomic E-state index is 12.0. The van der Waals surface area contributed by atoms with Gasteiger partial charge in [0.1, 0.15) is 0 Å². The van der Waals surface area contributed by atoms with Crippen LogP contribution in [-0.4, -0.2) is 59.0 Å². The zero-order chi connectivity index (χ0) is 14.4. The van der Waals surface area contributed by atoms with Crippen molar-refractivity contribution in [2.45, 2.75) is 57.4 Å². The molecular formula is C15H26N2O3. The monoisotopic (exact) mass is 282 g/mol. The molecule has 2 saturated heterocycles. The van der Waals surface area contributed by atoms with Crippen molar-refractivity contribution in [1.29, 1.82) is 0 Å². The SMILES string of the molecule is O=C(O)CCCC(=O)N1CCC(N2CCCCC2)CC1. The maximum atomic E-state index is 12.0. The van der Waals surface area contributed by atoms with Gasteiger partial charge in [0.15, 0.2) is 0 Å². The second-order valence-electron chi connectivity index (χ2n) is 5.96. The number of piperidine rings is 2. The summed E-state index contributed by atoms with van der Waals surface area (Å²) in [6.07, 6.45) is 7.06. The van der Waals surface area contributed by atoms with Gasteiger partial charge in [0.05, 0.1) is 0 Å². The number of aliphatic carboxylic acids is 1. The molecule has 1 amide bonds. The normalized spacial score (nSPS) is 21.9. The van der Waals surface area contributed by atoms with Crippen molar-refractivity contribution in [2.24, 2.45) is 0 Å². The Kier molecular flexibility index (Phi) is 5.83. The van der Waals surface area contributed by atoms with Gasteiger partial charge >= 0.3 is 5.97 Å². The predicted molar refractivity (Wildman–Crippen MR) is 76.5 cm³/mol. The molecule has 5 nitrogen and oxygen atoms in total. The van der Waals surface area contributed by atoms with Crippen molar-refractivity contribution < 1.29 is 14.7 Å². The molecule has 2 fully saturated rings. The van der Waals surface area contributed by atoms with E-state index in [1.54, 1.807) is 0 Å². The first-order valence-electron chi connectivity index (χ1n) is 7.90. The average Bonchev–Trinajstić information content (AvgIpc) is 2.48. The summed E-state index contributed by atoms with van der Waals surface area (Å²) in [6.45, 7) is 4.12. The average molecular weight is 282 g/mol. The maximum Gasteiger partial charge on any atom is 0.303 e. The van der Waals surface area contributed by atoms with Gasteiger partial charge in [-0.05, 0) is 45.2 Å². The molecule has 2 aliphatic heterocycles. The molecule has 0 unspecified atom stereocenters. The van der Waals surface area contributed by atoms with Crippen LogP contribution in [0.2, 0.25) is 0 Å². The Bertz CT molecular complexity index is 332. The van der Waals surface area contributed by atoms with E-state index in [1.165, 1.54) is 32.4 Å². The quantitative estimate of drug-likeness (QED) is 0.834. The molecular weight excluding hydrogens is 256 g/mol. The summed E-state index contributed by atoms with van der Waals surface area (Å²) in [4.78, 5) is 26.9. The Morgan fingerprint density at radius 1 is 0.950 bits per heavy atom. The fourth-order valence-electron chi connectivity index (χ4n) is 3.31. The molecule has 0 atom stereocenters. The van der Waals surface area contributed by atoms with E-state index in [-0.39, 0.29) is 12.3 Å². The highest BCUT2D eigenvalue weighted by atomic mass is 16.4. The fraction of sp³-hybridized carbons (Fsp3) is 0.867. The molecule has 0 aromatic heterocycles. The van der Waals surface area contributed by atoms with Gasteiger partial charge in [-0.3, -0.25) is 9.59 Å². The minimum Gasteiger partial charge on any atom is -0.481 e. The molecule has 0 aliphatic carbocycles. The Morgan fingerprint density at radius 2 is 1.60 bits per heavy atom. The van der Waals surface area contributed by atoms with E-state index in [0.717, 1.165) is 25.9 Å². The van der Waals surface area contributed by atoms with E-state index in [2.05, 4.69) is 4.90 Å². The number of carboxylic acid groups (broad SMARTS) is 1. The van der Waals surface area contributed by atoms with E-state index in [0.29, 0.717) is 18.9 Å². The van der Waals surface area contributed by atoms with Crippen molar-refractivity contribution in [2.75, 3.05) is 26.2 Å². The lowest BCUT2D eigenvalue weighted by atomic mass is 9.99. The number of hydrogen-bond acceptors (Lipinski definition) is 3. The predicted octanol–water partition coefficient (Wildman–Crippen LogP) is 1.72. The molecule has 0 aromatic carbocycles. The second kappa shape index (κ2) is 7.62. The minimum absolute atomic E-state index is 0.0932. The van der Waals surface area contributed by atoms with Crippen LogP contribution in [0.25, 0.3) is 0 Å². The molecule has 20 heavy (non-hydrogen) atoms. The van der Waals surface area contributed by atoms with E-state index in [4.69, 9.17) is 5.11 Å². The summed E-state index contributed by atoms with van der Waals surface area (Å²) in [5.41, 5.74) is 0. The van der Waals surface area contributed by atoms with E-state index in [1.807, 2.05) is 4.90 Å². The van der Waals surface area contributed by atoms with Crippen LogP contribution in [0.5, 0.6) is 0 Å². The highest BCUT2D eigenvalue weighted by Gasteiger charge is 2.27. The molecule has 2 rings (SSSR count). The number of carbonyl (C=O) groups excluding carboxylic acids is 1. The summed E-state index contributed by atoms with van der Waals surface area (Å²) >= 11 is 0. The van der Waals surface area contributed by atoms with Crippen molar-refractivity contribution in [3.05, 3.63) is 0 Å². The summed E-state index contributed by atoms with van der Waals surface area (Å²) < 4.78 is 0. The number of carboxylic acids is 1. The van der Waals surface area contributed by atoms with Crippen molar-refractivity contribution in [3.63, 3.8) is 0 Å². The summed E-state index contributed by atoms with van der Waals surface area (Å²) in [5, 5.41) is 8.59. The van der Waals surface area contributed by atoms with Crippen LogP contribution < -0.4 is 0 Å². The molecule has 2 heterocycles. The van der Waals surface area contributed by atoms with Gasteiger partial charge in [-0.25, -0.2) is 0 Å². The lowest BCUT2D eigenvalue weighted by molar-refractivity contribution is -0.137. The second-order valence-corrected chi connectivity index (χ2v) is 5.96. The zero-order valence-electron chi connectivity index (χ0n) is 12.2. The molecule has 0 saturated carbocycles. The summed E-state index contributed by atoms with van der Waals surface area (Å²) in [5.74, 6) is -0.690. The molecule has 2 aliphatic rings. The smallest absolute Gasteiger partial charge is 0.303 e. The van der Waals surface area contributed by atoms with Gasteiger partial charge in [0, 0.05) is 32.0 Å². The first-order valence-corrected chi connectivity index (χ1v) is 7.90. The number of hydrogen-bond donors (Lipinski definition) is 1. The fourth-order valence-corrected chi connectivity index (χ4v) is 3.31. The van der Waals surface area contributed by atoms with Crippen LogP contribution in [0.1, 0.15) is 51.4 Å². The van der Waals surface area contributed by atoms with E-state index < -0.39 is 5.97 Å². The van der Waals surface area contributed by atoms with Crippen LogP contribution in [-0.2, 0) is 9.59 Å². The molecule has 114 valence electrons. The third-order valence-corrected chi connectivity index (χ3v) is 4.51. The Morgan fingerprint density at radius 3 is 2.20 bits per heavy atom. The van der Waals surface area contributed by atoms with Gasteiger partial charge in [-0.1, -0.05) is 6.42 Å². The van der Waals surface area contributed by atoms with E-state index >= 15 is 0 Å². The highest BCUT2D eigenvalue weighted by Crippen LogP contribution is 2.21. The summed E-state index contributed by atoms with van der Waals surface area (Å²) in [7, 11) is 0. The van der Waals surface area contributed by atoms with Crippen molar-refractivity contribution in [3.8, 4) is 0 Å². The van der Waals surface area contributed by atoms with Crippen LogP contribution in [0, 0.1) is 0 Å². The van der Waals surface area contributed by atoms with Crippen LogP contribution in [0.3, 0.4) is 0 Å². The van der Waals surface area contributed by atoms with Gasteiger partial charge in [-0.2, -0.15) is 0 Å². The van der Waals surface area contributed by atoms with Crippen molar-refractivity contribution in [1.82, 2.24) is 9.80 Å². The highest BCUT2D eigenvalue weighted by molar-refractivity contribution is 5.77. The molecule has 5 heteroatoms. The Balaban J connectivity index is 1.67. The number of carbonyl (C=O) groups is 2. The third kappa shape index (κ3) is 4.47. The summed E-state index contributed by atoms with van der Waals surface area (Å²) in [6, 6.07) is 0.651. The molecule has 1 N–H and O–H groups in total. The molecule has 0 radical (unpaired) electrons. The van der Waals surface area contributed by atoms with Gasteiger partial charge in [0.2, 0.25) is 5.91 Å². The number of amides is 1. The molecule has 0 spiro atoms. The van der Waals surface area contributed by atoms with Crippen LogP contribution in [0.4, 0.5) is 0 Å². The number of rotatable bonds is 5. The van der Waals surface area contributed by atoms with Crippen molar-refractivity contribution >= 4 is 11.9 Å². The van der Waals surface area contributed by atoms with Gasteiger partial charge in [0.25, 0.3) is 0 Å². The first kappa shape index (κ1) is 15.3.